The zero-order valence-electron chi connectivity index (χ0n) is 11.1. The van der Waals surface area contributed by atoms with Crippen LogP contribution in [0.3, 0.4) is 0 Å². The summed E-state index contributed by atoms with van der Waals surface area (Å²) in [6.07, 6.45) is 2.49. The van der Waals surface area contributed by atoms with E-state index in [1.165, 1.54) is 30.8 Å². The van der Waals surface area contributed by atoms with Gasteiger partial charge in [-0.3, -0.25) is 9.80 Å². The van der Waals surface area contributed by atoms with Crippen LogP contribution in [0.1, 0.15) is 17.7 Å². The topological polar surface area (TPSA) is 15.7 Å². The van der Waals surface area contributed by atoms with Crippen LogP contribution in [0.2, 0.25) is 0 Å². The maximum atomic E-state index is 5.72. The van der Waals surface area contributed by atoms with Crippen molar-refractivity contribution in [1.82, 2.24) is 9.80 Å². The van der Waals surface area contributed by atoms with Gasteiger partial charge in [-0.05, 0) is 31.3 Å². The first-order valence-electron chi connectivity index (χ1n) is 6.82. The van der Waals surface area contributed by atoms with Gasteiger partial charge in [0.25, 0.3) is 0 Å². The van der Waals surface area contributed by atoms with E-state index in [0.29, 0.717) is 5.54 Å². The van der Waals surface area contributed by atoms with E-state index < -0.39 is 0 Å². The molecule has 0 aliphatic carbocycles. The summed E-state index contributed by atoms with van der Waals surface area (Å²) in [5.74, 6) is 0. The number of piperidine rings is 1. The first kappa shape index (κ1) is 12.6. The molecule has 0 bridgehead atoms. The van der Waals surface area contributed by atoms with Crippen LogP contribution in [0.25, 0.3) is 0 Å². The van der Waals surface area contributed by atoms with Crippen LogP contribution < -0.4 is 0 Å². The fourth-order valence-corrected chi connectivity index (χ4v) is 3.83. The largest absolute Gasteiger partial charge is 0.378 e. The molecule has 4 heteroatoms. The van der Waals surface area contributed by atoms with Crippen molar-refractivity contribution in [2.45, 2.75) is 24.9 Å². The third kappa shape index (κ3) is 2.48. The SMILES string of the molecule is CN1CCOCC12CCN(Cc1cccs1)CC2. The van der Waals surface area contributed by atoms with Crippen LogP contribution in [0.5, 0.6) is 0 Å². The van der Waals surface area contributed by atoms with Gasteiger partial charge in [0.05, 0.1) is 13.2 Å². The van der Waals surface area contributed by atoms with E-state index in [1.54, 1.807) is 0 Å². The smallest absolute Gasteiger partial charge is 0.0651 e. The number of morpholine rings is 1. The molecule has 2 aliphatic rings. The molecule has 0 N–H and O–H groups in total. The lowest BCUT2D eigenvalue weighted by Gasteiger charge is -2.49. The first-order valence-corrected chi connectivity index (χ1v) is 7.70. The summed E-state index contributed by atoms with van der Waals surface area (Å²) in [5.41, 5.74) is 0.324. The van der Waals surface area contributed by atoms with E-state index in [1.807, 2.05) is 11.3 Å². The highest BCUT2D eigenvalue weighted by Crippen LogP contribution is 2.31. The van der Waals surface area contributed by atoms with Crippen LogP contribution in [0.15, 0.2) is 17.5 Å². The van der Waals surface area contributed by atoms with Crippen molar-refractivity contribution in [3.8, 4) is 0 Å². The highest BCUT2D eigenvalue weighted by Gasteiger charge is 2.40. The summed E-state index contributed by atoms with van der Waals surface area (Å²) in [6, 6.07) is 4.39. The standard InChI is InChI=1S/C14H22N2OS/c1-15-8-9-17-12-14(15)4-6-16(7-5-14)11-13-3-2-10-18-13/h2-3,10H,4-9,11-12H2,1H3. The number of hydrogen-bond acceptors (Lipinski definition) is 4. The Hall–Kier alpha value is -0.420. The number of likely N-dealkylation sites (N-methyl/N-ethyl adjacent to an activating group) is 1. The maximum absolute atomic E-state index is 5.72. The van der Waals surface area contributed by atoms with Gasteiger partial charge in [0, 0.05) is 36.6 Å². The fraction of sp³-hybridized carbons (Fsp3) is 0.714. The third-order valence-corrected chi connectivity index (χ3v) is 5.36. The lowest BCUT2D eigenvalue weighted by Crippen LogP contribution is -2.59. The second kappa shape index (κ2) is 5.29. The Morgan fingerprint density at radius 2 is 2.17 bits per heavy atom. The molecule has 3 heterocycles. The molecule has 1 aromatic rings. The zero-order chi connectivity index (χ0) is 12.4. The van der Waals surface area contributed by atoms with Crippen molar-refractivity contribution in [1.29, 1.82) is 0 Å². The van der Waals surface area contributed by atoms with Crippen molar-refractivity contribution >= 4 is 11.3 Å². The highest BCUT2D eigenvalue weighted by atomic mass is 32.1. The minimum atomic E-state index is 0.324. The number of thiophene rings is 1. The molecule has 18 heavy (non-hydrogen) atoms. The van der Waals surface area contributed by atoms with Gasteiger partial charge in [-0.1, -0.05) is 6.07 Å². The lowest BCUT2D eigenvalue weighted by molar-refractivity contribution is -0.0835. The van der Waals surface area contributed by atoms with Crippen LogP contribution in [-0.4, -0.2) is 55.2 Å². The van der Waals surface area contributed by atoms with Crippen LogP contribution >= 0.6 is 11.3 Å². The van der Waals surface area contributed by atoms with Crippen LogP contribution in [0, 0.1) is 0 Å². The summed E-state index contributed by atoms with van der Waals surface area (Å²) >= 11 is 1.87. The van der Waals surface area contributed by atoms with E-state index in [9.17, 15) is 0 Å². The maximum Gasteiger partial charge on any atom is 0.0651 e. The van der Waals surface area contributed by atoms with Gasteiger partial charge in [0.2, 0.25) is 0 Å². The predicted molar refractivity (Wildman–Crippen MR) is 75.0 cm³/mol. The van der Waals surface area contributed by atoms with Gasteiger partial charge in [0.1, 0.15) is 0 Å². The Kier molecular flexibility index (Phi) is 3.71. The van der Waals surface area contributed by atoms with Gasteiger partial charge >= 0.3 is 0 Å². The van der Waals surface area contributed by atoms with Crippen molar-refractivity contribution in [3.05, 3.63) is 22.4 Å². The van der Waals surface area contributed by atoms with Crippen molar-refractivity contribution < 1.29 is 4.74 Å². The lowest BCUT2D eigenvalue weighted by atomic mass is 9.86. The van der Waals surface area contributed by atoms with E-state index >= 15 is 0 Å². The summed E-state index contributed by atoms with van der Waals surface area (Å²) in [5, 5.41) is 2.17. The number of likely N-dealkylation sites (tertiary alicyclic amines) is 1. The molecule has 0 amide bonds. The Morgan fingerprint density at radius 1 is 1.33 bits per heavy atom. The molecule has 2 fully saturated rings. The van der Waals surface area contributed by atoms with Gasteiger partial charge in [-0.15, -0.1) is 11.3 Å². The molecule has 0 unspecified atom stereocenters. The highest BCUT2D eigenvalue weighted by molar-refractivity contribution is 7.09. The Labute approximate surface area is 113 Å². The molecule has 100 valence electrons. The van der Waals surface area contributed by atoms with Crippen LogP contribution in [0.4, 0.5) is 0 Å². The molecule has 0 atom stereocenters. The number of hydrogen-bond donors (Lipinski definition) is 0. The molecular weight excluding hydrogens is 244 g/mol. The predicted octanol–water partition coefficient (Wildman–Crippen LogP) is 2.04. The Morgan fingerprint density at radius 3 is 2.83 bits per heavy atom. The van der Waals surface area contributed by atoms with Crippen molar-refractivity contribution in [2.75, 3.05) is 39.9 Å². The normalized spacial score (nSPS) is 25.6. The fourth-order valence-electron chi connectivity index (χ4n) is 3.09. The average Bonchev–Trinajstić information content (AvgIpc) is 2.89. The molecule has 1 spiro atoms. The van der Waals surface area contributed by atoms with Gasteiger partial charge in [-0.25, -0.2) is 0 Å². The molecule has 3 nitrogen and oxygen atoms in total. The van der Waals surface area contributed by atoms with Crippen LogP contribution in [-0.2, 0) is 11.3 Å². The van der Waals surface area contributed by atoms with Gasteiger partial charge in [-0.2, -0.15) is 0 Å². The van der Waals surface area contributed by atoms with Crippen molar-refractivity contribution in [2.24, 2.45) is 0 Å². The monoisotopic (exact) mass is 266 g/mol. The van der Waals surface area contributed by atoms with Crippen molar-refractivity contribution in [3.63, 3.8) is 0 Å². The number of nitrogens with zero attached hydrogens (tertiary/aromatic N) is 2. The third-order valence-electron chi connectivity index (χ3n) is 4.50. The molecule has 2 aliphatic heterocycles. The minimum absolute atomic E-state index is 0.324. The second-order valence-corrected chi connectivity index (χ2v) is 6.59. The minimum Gasteiger partial charge on any atom is -0.378 e. The van der Waals surface area contributed by atoms with E-state index in [-0.39, 0.29) is 0 Å². The second-order valence-electron chi connectivity index (χ2n) is 5.55. The molecule has 0 aromatic carbocycles. The van der Waals surface area contributed by atoms with E-state index in [2.05, 4.69) is 34.4 Å². The Balaban J connectivity index is 1.57. The molecule has 0 radical (unpaired) electrons. The average molecular weight is 266 g/mol. The molecular formula is C14H22N2OS. The molecule has 0 saturated carbocycles. The Bertz CT molecular complexity index is 371. The summed E-state index contributed by atoms with van der Waals surface area (Å²) < 4.78 is 5.72. The van der Waals surface area contributed by atoms with Gasteiger partial charge in [0.15, 0.2) is 0 Å². The summed E-state index contributed by atoms with van der Waals surface area (Å²) in [7, 11) is 2.26. The molecule has 3 rings (SSSR count). The summed E-state index contributed by atoms with van der Waals surface area (Å²) in [6.45, 7) is 6.44. The molecule has 2 saturated heterocycles. The number of rotatable bonds is 2. The van der Waals surface area contributed by atoms with E-state index in [4.69, 9.17) is 4.74 Å². The first-order chi connectivity index (χ1) is 8.78. The molecule has 1 aromatic heterocycles. The summed E-state index contributed by atoms with van der Waals surface area (Å²) in [4.78, 5) is 6.60. The van der Waals surface area contributed by atoms with E-state index in [0.717, 1.165) is 26.3 Å². The zero-order valence-corrected chi connectivity index (χ0v) is 11.9. The van der Waals surface area contributed by atoms with Gasteiger partial charge < -0.3 is 4.74 Å². The number of ether oxygens (including phenoxy) is 1. The quantitative estimate of drug-likeness (QED) is 0.815.